The predicted octanol–water partition coefficient (Wildman–Crippen LogP) is 1.99. The van der Waals surface area contributed by atoms with Crippen LogP contribution >= 0.6 is 23.2 Å². The van der Waals surface area contributed by atoms with Crippen LogP contribution in [0.3, 0.4) is 0 Å². The third-order valence-electron chi connectivity index (χ3n) is 2.31. The number of halogens is 2. The van der Waals surface area contributed by atoms with Gasteiger partial charge < -0.3 is 10.0 Å². The normalized spacial score (nSPS) is 11.6. The number of hydrogen-bond donors (Lipinski definition) is 1. The molecule has 0 amide bonds. The van der Waals surface area contributed by atoms with Crippen LogP contribution in [0.4, 0.5) is 5.82 Å². The Balaban J connectivity index is 3.10. The molecule has 15 heavy (non-hydrogen) atoms. The lowest BCUT2D eigenvalue weighted by molar-refractivity contribution is 0.215. The first kappa shape index (κ1) is 12.5. The molecule has 0 aromatic carbocycles. The van der Waals surface area contributed by atoms with E-state index in [1.54, 1.807) is 11.9 Å². The quantitative estimate of drug-likeness (QED) is 0.833. The molecular weight excluding hydrogens is 237 g/mol. The first-order valence-corrected chi connectivity index (χ1v) is 5.17. The Labute approximate surface area is 98.9 Å². The topological polar surface area (TPSA) is 49.2 Å². The van der Waals surface area contributed by atoms with Gasteiger partial charge in [0.1, 0.15) is 5.02 Å². The van der Waals surface area contributed by atoms with Gasteiger partial charge in [-0.15, -0.1) is 0 Å². The van der Waals surface area contributed by atoms with Crippen molar-refractivity contribution in [1.82, 2.24) is 9.97 Å². The van der Waals surface area contributed by atoms with Crippen LogP contribution in [0.1, 0.15) is 13.8 Å². The Kier molecular flexibility index (Phi) is 3.76. The molecule has 0 saturated heterocycles. The standard InChI is InChI=1S/C9H13Cl2N3O/c1-9(2,5-15)14(3)7-6(10)4-12-8(11)13-7/h4,15H,5H2,1-3H3. The fraction of sp³-hybridized carbons (Fsp3) is 0.556. The number of aromatic nitrogens is 2. The predicted molar refractivity (Wildman–Crippen MR) is 61.6 cm³/mol. The van der Waals surface area contributed by atoms with E-state index in [4.69, 9.17) is 23.2 Å². The Morgan fingerprint density at radius 1 is 1.47 bits per heavy atom. The highest BCUT2D eigenvalue weighted by Crippen LogP contribution is 2.27. The van der Waals surface area contributed by atoms with E-state index in [-0.39, 0.29) is 11.9 Å². The summed E-state index contributed by atoms with van der Waals surface area (Å²) < 4.78 is 0. The Bertz CT molecular complexity index is 357. The van der Waals surface area contributed by atoms with Crippen molar-refractivity contribution in [2.75, 3.05) is 18.6 Å². The summed E-state index contributed by atoms with van der Waals surface area (Å²) in [6.07, 6.45) is 1.44. The van der Waals surface area contributed by atoms with Crippen molar-refractivity contribution in [3.05, 3.63) is 16.5 Å². The monoisotopic (exact) mass is 249 g/mol. The van der Waals surface area contributed by atoms with Gasteiger partial charge in [-0.05, 0) is 25.4 Å². The Morgan fingerprint density at radius 2 is 2.07 bits per heavy atom. The van der Waals surface area contributed by atoms with E-state index < -0.39 is 5.54 Å². The number of anilines is 1. The lowest BCUT2D eigenvalue weighted by atomic mass is 10.1. The molecule has 1 aromatic rings. The van der Waals surface area contributed by atoms with Gasteiger partial charge in [0.05, 0.1) is 18.3 Å². The summed E-state index contributed by atoms with van der Waals surface area (Å²) in [6, 6.07) is 0. The fourth-order valence-corrected chi connectivity index (χ4v) is 1.31. The molecule has 0 aliphatic rings. The smallest absolute Gasteiger partial charge is 0.224 e. The van der Waals surface area contributed by atoms with Crippen molar-refractivity contribution in [3.8, 4) is 0 Å². The molecule has 0 atom stereocenters. The van der Waals surface area contributed by atoms with Crippen LogP contribution in [0.15, 0.2) is 6.20 Å². The summed E-state index contributed by atoms with van der Waals surface area (Å²) in [6.45, 7) is 3.74. The zero-order chi connectivity index (χ0) is 11.6. The molecule has 84 valence electrons. The minimum Gasteiger partial charge on any atom is -0.394 e. The van der Waals surface area contributed by atoms with E-state index in [2.05, 4.69) is 9.97 Å². The van der Waals surface area contributed by atoms with Gasteiger partial charge in [-0.1, -0.05) is 11.6 Å². The molecule has 1 aromatic heterocycles. The average molecular weight is 250 g/mol. The fourth-order valence-electron chi connectivity index (χ4n) is 0.965. The maximum Gasteiger partial charge on any atom is 0.224 e. The number of rotatable bonds is 3. The van der Waals surface area contributed by atoms with Crippen molar-refractivity contribution in [3.63, 3.8) is 0 Å². The van der Waals surface area contributed by atoms with Crippen LogP contribution in [0.2, 0.25) is 10.3 Å². The Hall–Kier alpha value is -0.580. The van der Waals surface area contributed by atoms with Crippen LogP contribution in [0.5, 0.6) is 0 Å². The molecule has 0 saturated carbocycles. The summed E-state index contributed by atoms with van der Waals surface area (Å²) in [4.78, 5) is 9.55. The van der Waals surface area contributed by atoms with Gasteiger partial charge in [0.15, 0.2) is 5.82 Å². The Morgan fingerprint density at radius 3 is 2.60 bits per heavy atom. The molecule has 0 bridgehead atoms. The van der Waals surface area contributed by atoms with Crippen molar-refractivity contribution in [2.45, 2.75) is 19.4 Å². The van der Waals surface area contributed by atoms with Crippen molar-refractivity contribution >= 4 is 29.0 Å². The maximum atomic E-state index is 9.22. The van der Waals surface area contributed by atoms with Crippen molar-refractivity contribution in [2.24, 2.45) is 0 Å². The number of aliphatic hydroxyl groups is 1. The van der Waals surface area contributed by atoms with E-state index in [0.717, 1.165) is 0 Å². The number of likely N-dealkylation sites (N-methyl/N-ethyl adjacent to an activating group) is 1. The molecular formula is C9H13Cl2N3O. The highest BCUT2D eigenvalue weighted by atomic mass is 35.5. The van der Waals surface area contributed by atoms with Crippen LogP contribution in [0, 0.1) is 0 Å². The van der Waals surface area contributed by atoms with Crippen LogP contribution < -0.4 is 4.90 Å². The molecule has 0 aliphatic heterocycles. The third kappa shape index (κ3) is 2.71. The number of aliphatic hydroxyl groups excluding tert-OH is 1. The zero-order valence-corrected chi connectivity index (χ0v) is 10.3. The van der Waals surface area contributed by atoms with Gasteiger partial charge in [-0.2, -0.15) is 4.98 Å². The average Bonchev–Trinajstić information content (AvgIpc) is 2.20. The molecule has 0 spiro atoms. The minimum absolute atomic E-state index is 0.0124. The van der Waals surface area contributed by atoms with Gasteiger partial charge in [0.25, 0.3) is 0 Å². The molecule has 0 fully saturated rings. The van der Waals surface area contributed by atoms with E-state index in [1.807, 2.05) is 13.8 Å². The molecule has 1 rings (SSSR count). The molecule has 1 heterocycles. The van der Waals surface area contributed by atoms with Crippen LogP contribution in [-0.4, -0.2) is 34.3 Å². The molecule has 0 unspecified atom stereocenters. The first-order valence-electron chi connectivity index (χ1n) is 4.41. The van der Waals surface area contributed by atoms with Crippen LogP contribution in [0.25, 0.3) is 0 Å². The third-order valence-corrected chi connectivity index (χ3v) is 2.76. The van der Waals surface area contributed by atoms with Gasteiger partial charge >= 0.3 is 0 Å². The molecule has 1 N–H and O–H groups in total. The highest BCUT2D eigenvalue weighted by Gasteiger charge is 2.25. The van der Waals surface area contributed by atoms with E-state index >= 15 is 0 Å². The second-order valence-corrected chi connectivity index (χ2v) is 4.59. The van der Waals surface area contributed by atoms with Gasteiger partial charge in [0.2, 0.25) is 5.28 Å². The summed E-state index contributed by atoms with van der Waals surface area (Å²) in [5.41, 5.74) is -0.457. The summed E-state index contributed by atoms with van der Waals surface area (Å²) in [5.74, 6) is 0.510. The first-order chi connectivity index (χ1) is 6.88. The van der Waals surface area contributed by atoms with Gasteiger partial charge in [-0.25, -0.2) is 4.98 Å². The maximum absolute atomic E-state index is 9.22. The molecule has 0 aliphatic carbocycles. The molecule has 6 heteroatoms. The van der Waals surface area contributed by atoms with E-state index in [1.165, 1.54) is 6.20 Å². The van der Waals surface area contributed by atoms with Crippen molar-refractivity contribution < 1.29 is 5.11 Å². The summed E-state index contributed by atoms with van der Waals surface area (Å²) in [5, 5.41) is 9.77. The second kappa shape index (κ2) is 4.51. The minimum atomic E-state index is -0.457. The second-order valence-electron chi connectivity index (χ2n) is 3.84. The molecule has 4 nitrogen and oxygen atoms in total. The zero-order valence-electron chi connectivity index (χ0n) is 8.83. The number of hydrogen-bond acceptors (Lipinski definition) is 4. The van der Waals surface area contributed by atoms with Crippen molar-refractivity contribution in [1.29, 1.82) is 0 Å². The van der Waals surface area contributed by atoms with E-state index in [0.29, 0.717) is 10.8 Å². The lowest BCUT2D eigenvalue weighted by Crippen LogP contribution is -2.45. The molecule has 0 radical (unpaired) electrons. The van der Waals surface area contributed by atoms with Gasteiger partial charge in [-0.3, -0.25) is 0 Å². The van der Waals surface area contributed by atoms with E-state index in [9.17, 15) is 5.11 Å². The highest BCUT2D eigenvalue weighted by molar-refractivity contribution is 6.33. The number of nitrogens with zero attached hydrogens (tertiary/aromatic N) is 3. The van der Waals surface area contributed by atoms with Crippen LogP contribution in [-0.2, 0) is 0 Å². The summed E-state index contributed by atoms with van der Waals surface area (Å²) >= 11 is 11.6. The SMILES string of the molecule is CN(c1nc(Cl)ncc1Cl)C(C)(C)CO. The van der Waals surface area contributed by atoms with Gasteiger partial charge in [0, 0.05) is 7.05 Å². The lowest BCUT2D eigenvalue weighted by Gasteiger charge is -2.35. The largest absolute Gasteiger partial charge is 0.394 e. The summed E-state index contributed by atoms with van der Waals surface area (Å²) in [7, 11) is 1.79.